The number of furan rings is 1. The van der Waals surface area contributed by atoms with Crippen LogP contribution in [-0.4, -0.2) is 11.1 Å². The summed E-state index contributed by atoms with van der Waals surface area (Å²) in [6.07, 6.45) is 2.03. The summed E-state index contributed by atoms with van der Waals surface area (Å²) in [5.74, 6) is 0.492. The van der Waals surface area contributed by atoms with E-state index in [1.165, 1.54) is 0 Å². The number of carbonyl (C=O) groups is 1. The van der Waals surface area contributed by atoms with Crippen LogP contribution in [0.4, 0.5) is 0 Å². The van der Waals surface area contributed by atoms with Crippen molar-refractivity contribution in [2.45, 2.75) is 31.7 Å². The molecule has 14 heavy (non-hydrogen) atoms. The Kier molecular flexibility index (Phi) is 1.89. The molecular weight excluding hydrogens is 182 g/mol. The summed E-state index contributed by atoms with van der Waals surface area (Å²) in [7, 11) is 0. The lowest BCUT2D eigenvalue weighted by atomic mass is 9.81. The molecule has 1 aromatic rings. The fourth-order valence-corrected chi connectivity index (χ4v) is 2.01. The summed E-state index contributed by atoms with van der Waals surface area (Å²) >= 11 is 0. The van der Waals surface area contributed by atoms with Gasteiger partial charge in [-0.15, -0.1) is 0 Å². The lowest BCUT2D eigenvalue weighted by Crippen LogP contribution is -2.46. The van der Waals surface area contributed by atoms with Crippen LogP contribution in [0.1, 0.15) is 29.9 Å². The van der Waals surface area contributed by atoms with Crippen molar-refractivity contribution in [3.8, 4) is 0 Å². The minimum absolute atomic E-state index is 0.480. The molecular formula is C10H13NO3. The van der Waals surface area contributed by atoms with Gasteiger partial charge in [0.05, 0.1) is 0 Å². The Bertz CT molecular complexity index is 383. The molecule has 0 radical (unpaired) electrons. The molecule has 1 heterocycles. The fourth-order valence-electron chi connectivity index (χ4n) is 2.01. The topological polar surface area (TPSA) is 76.5 Å². The second-order valence-corrected chi connectivity index (χ2v) is 3.82. The zero-order chi connectivity index (χ0) is 10.3. The van der Waals surface area contributed by atoms with Gasteiger partial charge < -0.3 is 15.3 Å². The molecule has 0 amide bonds. The van der Waals surface area contributed by atoms with Gasteiger partial charge in [-0.05, 0) is 25.8 Å². The van der Waals surface area contributed by atoms with Crippen molar-refractivity contribution in [2.75, 3.05) is 0 Å². The van der Waals surface area contributed by atoms with E-state index >= 15 is 0 Å². The highest BCUT2D eigenvalue weighted by atomic mass is 16.4. The highest BCUT2D eigenvalue weighted by molar-refractivity contribution is 5.81. The molecule has 1 unspecified atom stereocenters. The van der Waals surface area contributed by atoms with E-state index < -0.39 is 11.5 Å². The Hall–Kier alpha value is -1.29. The molecule has 2 rings (SSSR count). The number of aliphatic carboxylic acids is 1. The molecule has 0 aromatic carbocycles. The third-order valence-electron chi connectivity index (χ3n) is 2.77. The van der Waals surface area contributed by atoms with Crippen molar-refractivity contribution in [1.82, 2.24) is 0 Å². The van der Waals surface area contributed by atoms with E-state index in [1.54, 1.807) is 13.0 Å². The molecule has 0 bridgehead atoms. The molecule has 1 aliphatic carbocycles. The monoisotopic (exact) mass is 195 g/mol. The summed E-state index contributed by atoms with van der Waals surface area (Å²) in [6.45, 7) is 1.81. The average molecular weight is 195 g/mol. The Labute approximate surface area is 81.7 Å². The van der Waals surface area contributed by atoms with Gasteiger partial charge in [-0.2, -0.15) is 0 Å². The number of hydrogen-bond donors (Lipinski definition) is 2. The van der Waals surface area contributed by atoms with Crippen LogP contribution >= 0.6 is 0 Å². The van der Waals surface area contributed by atoms with Crippen LogP contribution in [0.15, 0.2) is 10.5 Å². The maximum atomic E-state index is 11.1. The van der Waals surface area contributed by atoms with Gasteiger partial charge in [0.15, 0.2) is 0 Å². The first kappa shape index (κ1) is 9.27. The molecule has 0 saturated heterocycles. The Morgan fingerprint density at radius 2 is 2.43 bits per heavy atom. The van der Waals surface area contributed by atoms with E-state index in [1.807, 2.05) is 0 Å². The first-order valence-electron chi connectivity index (χ1n) is 4.66. The van der Waals surface area contributed by atoms with Crippen LogP contribution in [-0.2, 0) is 16.8 Å². The molecule has 76 valence electrons. The number of carboxylic acid groups (broad SMARTS) is 1. The summed E-state index contributed by atoms with van der Waals surface area (Å²) in [6, 6.07) is 1.74. The van der Waals surface area contributed by atoms with Crippen molar-refractivity contribution in [3.63, 3.8) is 0 Å². The zero-order valence-electron chi connectivity index (χ0n) is 8.04. The summed E-state index contributed by atoms with van der Waals surface area (Å²) < 4.78 is 5.41. The van der Waals surface area contributed by atoms with Gasteiger partial charge in [-0.1, -0.05) is 0 Å². The first-order chi connectivity index (χ1) is 6.54. The van der Waals surface area contributed by atoms with Crippen LogP contribution < -0.4 is 5.73 Å². The number of aryl methyl sites for hydroxylation is 2. The predicted octanol–water partition coefficient (Wildman–Crippen LogP) is 1.16. The molecule has 0 fully saturated rings. The molecule has 0 spiro atoms. The van der Waals surface area contributed by atoms with Crippen LogP contribution in [0, 0.1) is 6.92 Å². The fraction of sp³-hybridized carbons (Fsp3) is 0.500. The molecule has 3 N–H and O–H groups in total. The third-order valence-corrected chi connectivity index (χ3v) is 2.77. The highest BCUT2D eigenvalue weighted by Crippen LogP contribution is 2.35. The molecule has 1 atom stereocenters. The summed E-state index contributed by atoms with van der Waals surface area (Å²) in [5.41, 5.74) is 5.27. The van der Waals surface area contributed by atoms with Crippen molar-refractivity contribution >= 4 is 5.97 Å². The second kappa shape index (κ2) is 2.85. The largest absolute Gasteiger partial charge is 0.480 e. The maximum absolute atomic E-state index is 11.1. The van der Waals surface area contributed by atoms with Gasteiger partial charge in [-0.3, -0.25) is 0 Å². The van der Waals surface area contributed by atoms with Crippen LogP contribution in [0.5, 0.6) is 0 Å². The van der Waals surface area contributed by atoms with Crippen molar-refractivity contribution in [3.05, 3.63) is 23.2 Å². The lowest BCUT2D eigenvalue weighted by Gasteiger charge is -2.28. The van der Waals surface area contributed by atoms with E-state index in [-0.39, 0.29) is 0 Å². The molecule has 4 heteroatoms. The average Bonchev–Trinajstić information content (AvgIpc) is 2.47. The standard InChI is InChI=1S/C10H13NO3/c1-6-5-7-8(14-6)3-2-4-10(7,11)9(12)13/h5H,2-4,11H2,1H3,(H,12,13). The van der Waals surface area contributed by atoms with Crippen LogP contribution in [0.2, 0.25) is 0 Å². The predicted molar refractivity (Wildman–Crippen MR) is 49.9 cm³/mol. The minimum Gasteiger partial charge on any atom is -0.480 e. The van der Waals surface area contributed by atoms with Crippen molar-refractivity contribution in [1.29, 1.82) is 0 Å². The number of nitrogens with two attached hydrogens (primary N) is 1. The number of fused-ring (bicyclic) bond motifs is 1. The molecule has 0 saturated carbocycles. The number of rotatable bonds is 1. The van der Waals surface area contributed by atoms with Gasteiger partial charge in [0.2, 0.25) is 0 Å². The smallest absolute Gasteiger partial charge is 0.328 e. The number of hydrogen-bond acceptors (Lipinski definition) is 3. The quantitative estimate of drug-likeness (QED) is 0.705. The lowest BCUT2D eigenvalue weighted by molar-refractivity contribution is -0.144. The molecule has 1 aliphatic rings. The van der Waals surface area contributed by atoms with Gasteiger partial charge in [0.1, 0.15) is 17.1 Å². The van der Waals surface area contributed by atoms with E-state index in [4.69, 9.17) is 15.3 Å². The maximum Gasteiger partial charge on any atom is 0.328 e. The Morgan fingerprint density at radius 3 is 3.07 bits per heavy atom. The SMILES string of the molecule is Cc1cc2c(o1)CCCC2(N)C(=O)O. The second-order valence-electron chi connectivity index (χ2n) is 3.82. The summed E-state index contributed by atoms with van der Waals surface area (Å²) in [4.78, 5) is 11.1. The summed E-state index contributed by atoms with van der Waals surface area (Å²) in [5, 5.41) is 9.09. The van der Waals surface area contributed by atoms with Gasteiger partial charge >= 0.3 is 5.97 Å². The van der Waals surface area contributed by atoms with Gasteiger partial charge in [-0.25, -0.2) is 4.79 Å². The van der Waals surface area contributed by atoms with Gasteiger partial charge in [0, 0.05) is 12.0 Å². The van der Waals surface area contributed by atoms with Crippen molar-refractivity contribution < 1.29 is 14.3 Å². The first-order valence-corrected chi connectivity index (χ1v) is 4.66. The highest BCUT2D eigenvalue weighted by Gasteiger charge is 2.41. The van der Waals surface area contributed by atoms with Crippen molar-refractivity contribution in [2.24, 2.45) is 5.73 Å². The van der Waals surface area contributed by atoms with Crippen LogP contribution in [0.3, 0.4) is 0 Å². The molecule has 4 nitrogen and oxygen atoms in total. The molecule has 1 aromatic heterocycles. The number of carboxylic acids is 1. The normalized spacial score (nSPS) is 25.9. The molecule has 0 aliphatic heterocycles. The Balaban J connectivity index is 2.54. The van der Waals surface area contributed by atoms with E-state index in [0.29, 0.717) is 12.0 Å². The third kappa shape index (κ3) is 1.14. The van der Waals surface area contributed by atoms with E-state index in [0.717, 1.165) is 24.4 Å². The zero-order valence-corrected chi connectivity index (χ0v) is 8.04. The van der Waals surface area contributed by atoms with E-state index in [2.05, 4.69) is 0 Å². The minimum atomic E-state index is -1.24. The van der Waals surface area contributed by atoms with Gasteiger partial charge in [0.25, 0.3) is 0 Å². The van der Waals surface area contributed by atoms with Crippen LogP contribution in [0.25, 0.3) is 0 Å². The van der Waals surface area contributed by atoms with E-state index in [9.17, 15) is 4.79 Å². The Morgan fingerprint density at radius 1 is 1.71 bits per heavy atom.